The molecule has 0 aromatic rings. The molecule has 9 heteroatoms. The minimum atomic E-state index is -0.745. The van der Waals surface area contributed by atoms with Crippen molar-refractivity contribution in [1.82, 2.24) is 21.0 Å². The quantitative estimate of drug-likeness (QED) is 0.357. The van der Waals surface area contributed by atoms with Gasteiger partial charge in [-0.05, 0) is 0 Å². The highest BCUT2D eigenvalue weighted by molar-refractivity contribution is 7.84. The summed E-state index contributed by atoms with van der Waals surface area (Å²) >= 11 is 5.00. The van der Waals surface area contributed by atoms with Crippen molar-refractivity contribution in [2.45, 2.75) is 0 Å². The largest absolute Gasteiger partial charge is 0.375 e. The van der Waals surface area contributed by atoms with E-state index in [0.29, 0.717) is 10.9 Å². The fourth-order valence-electron chi connectivity index (χ4n) is 1.23. The summed E-state index contributed by atoms with van der Waals surface area (Å²) in [6.07, 6.45) is 2.80. The van der Waals surface area contributed by atoms with Crippen molar-refractivity contribution >= 4 is 24.2 Å². The van der Waals surface area contributed by atoms with E-state index in [1.54, 1.807) is 0 Å². The molecule has 2 aliphatic heterocycles. The van der Waals surface area contributed by atoms with Gasteiger partial charge in [0.2, 0.25) is 0 Å². The number of nitrogens with zero attached hydrogens (tertiary/aromatic N) is 3. The Kier molecular flexibility index (Phi) is 2.75. The number of fused-ring (bicyclic) bond motifs is 1. The number of hydroxylamine groups is 1. The number of hydrogen-bond acceptors (Lipinski definition) is 7. The Labute approximate surface area is 95.9 Å². The second kappa shape index (κ2) is 4.06. The Morgan fingerprint density at radius 3 is 3.06 bits per heavy atom. The molecule has 0 aliphatic carbocycles. The summed E-state index contributed by atoms with van der Waals surface area (Å²) in [6.45, 7) is -0.264. The second-order valence-corrected chi connectivity index (χ2v) is 3.37. The first-order chi connectivity index (χ1) is 7.65. The normalized spacial score (nSPS) is 18.8. The van der Waals surface area contributed by atoms with Crippen molar-refractivity contribution in [2.75, 3.05) is 6.73 Å². The average molecular weight is 242 g/mol. The van der Waals surface area contributed by atoms with Crippen LogP contribution in [0.1, 0.15) is 0 Å². The third-order valence-corrected chi connectivity index (χ3v) is 2.23. The summed E-state index contributed by atoms with van der Waals surface area (Å²) in [4.78, 5) is 15.1. The fraction of sp³-hybridized carbons (Fsp3) is 0.143. The number of rotatable bonds is 2. The van der Waals surface area contributed by atoms with Crippen LogP contribution in [0.5, 0.6) is 0 Å². The molecule has 0 atom stereocenters. The van der Waals surface area contributed by atoms with E-state index in [9.17, 15) is 4.79 Å². The number of aliphatic hydroxyl groups is 1. The molecular weight excluding hydrogens is 234 g/mol. The summed E-state index contributed by atoms with van der Waals surface area (Å²) in [7, 11) is 0. The number of carbonyl (C=O) groups excluding carboxylic acids is 1. The highest BCUT2D eigenvalue weighted by atomic mass is 32.1. The van der Waals surface area contributed by atoms with Crippen LogP contribution in [0.2, 0.25) is 0 Å². The van der Waals surface area contributed by atoms with E-state index in [1.165, 1.54) is 27.8 Å². The number of hydrazine groups is 2. The first-order valence-electron chi connectivity index (χ1n) is 4.23. The summed E-state index contributed by atoms with van der Waals surface area (Å²) in [5, 5.41) is 20.4. The Morgan fingerprint density at radius 2 is 2.44 bits per heavy atom. The van der Waals surface area contributed by atoms with Crippen molar-refractivity contribution in [2.24, 2.45) is 4.99 Å². The summed E-state index contributed by atoms with van der Waals surface area (Å²) in [5.41, 5.74) is 4.19. The molecule has 0 spiro atoms. The van der Waals surface area contributed by atoms with E-state index in [1.807, 2.05) is 0 Å². The van der Waals surface area contributed by atoms with E-state index in [-0.39, 0.29) is 12.4 Å². The summed E-state index contributed by atoms with van der Waals surface area (Å²) in [5.74, 6) is -0.384. The molecule has 0 aromatic heterocycles. The molecule has 16 heavy (non-hydrogen) atoms. The molecule has 8 nitrogen and oxygen atoms in total. The van der Waals surface area contributed by atoms with Gasteiger partial charge in [0.1, 0.15) is 17.5 Å². The van der Waals surface area contributed by atoms with Gasteiger partial charge < -0.3 is 5.11 Å². The predicted molar refractivity (Wildman–Crippen MR) is 55.0 cm³/mol. The molecule has 0 fully saturated rings. The lowest BCUT2D eigenvalue weighted by atomic mass is 10.3. The maximum Gasteiger partial charge on any atom is 0.293 e. The topological polar surface area (TPSA) is 100 Å². The van der Waals surface area contributed by atoms with Crippen molar-refractivity contribution in [1.29, 1.82) is 0 Å². The van der Waals surface area contributed by atoms with Crippen LogP contribution in [-0.4, -0.2) is 38.7 Å². The Bertz CT molecular complexity index is 418. The van der Waals surface area contributed by atoms with Crippen molar-refractivity contribution in [3.63, 3.8) is 0 Å². The molecule has 1 radical (unpaired) electrons. The van der Waals surface area contributed by atoms with Gasteiger partial charge in [-0.25, -0.2) is 15.5 Å². The van der Waals surface area contributed by atoms with Gasteiger partial charge in [0.15, 0.2) is 5.82 Å². The lowest BCUT2D eigenvalue weighted by Gasteiger charge is -2.23. The van der Waals surface area contributed by atoms with Gasteiger partial charge >= 0.3 is 0 Å². The molecule has 0 saturated carbocycles. The first-order valence-corrected chi connectivity index (χ1v) is 4.64. The molecule has 2 heterocycles. The van der Waals surface area contributed by atoms with E-state index in [0.717, 1.165) is 0 Å². The highest BCUT2D eigenvalue weighted by Gasteiger charge is 2.27. The monoisotopic (exact) mass is 242 g/mol. The second-order valence-electron chi connectivity index (χ2n) is 2.95. The van der Waals surface area contributed by atoms with Gasteiger partial charge in [-0.2, -0.15) is 0 Å². The number of nitrogens with one attached hydrogen (secondary N) is 2. The van der Waals surface area contributed by atoms with Gasteiger partial charge in [0.25, 0.3) is 5.91 Å². The molecule has 85 valence electrons. The van der Waals surface area contributed by atoms with Gasteiger partial charge in [0, 0.05) is 6.08 Å². The van der Waals surface area contributed by atoms with Crippen LogP contribution >= 0.6 is 12.6 Å². The standard InChI is InChI=1S/C7H8N5O3S/c13-3-11-2-5-8-4(7(14)9-15)1-6(16)12(5)10-11/h1-2,10,13,15H,3H2,(H,9,14). The maximum atomic E-state index is 11.1. The predicted octanol–water partition coefficient (Wildman–Crippen LogP) is -1.23. The molecule has 4 N–H and O–H groups in total. The number of aliphatic imine (C=N–C) groups is 1. The Hall–Kier alpha value is -1.68. The molecule has 1 amide bonds. The van der Waals surface area contributed by atoms with Gasteiger partial charge in [-0.15, -0.1) is 5.53 Å². The van der Waals surface area contributed by atoms with E-state index in [4.69, 9.17) is 22.9 Å². The number of amides is 1. The van der Waals surface area contributed by atoms with Gasteiger partial charge in [-0.1, -0.05) is 12.6 Å². The summed E-state index contributed by atoms with van der Waals surface area (Å²) < 4.78 is 0. The van der Waals surface area contributed by atoms with Crippen LogP contribution in [-0.2, 0) is 4.79 Å². The van der Waals surface area contributed by atoms with Crippen LogP contribution in [0, 0.1) is 0 Å². The maximum absolute atomic E-state index is 11.1. The lowest BCUT2D eigenvalue weighted by molar-refractivity contribution is -0.122. The zero-order valence-corrected chi connectivity index (χ0v) is 8.73. The van der Waals surface area contributed by atoms with Gasteiger partial charge in [0.05, 0.1) is 6.20 Å². The molecule has 2 aliphatic rings. The van der Waals surface area contributed by atoms with Crippen LogP contribution in [0.25, 0.3) is 0 Å². The van der Waals surface area contributed by atoms with Crippen molar-refractivity contribution in [3.8, 4) is 0 Å². The zero-order valence-electron chi connectivity index (χ0n) is 7.91. The smallest absolute Gasteiger partial charge is 0.293 e. The molecule has 2 rings (SSSR count). The lowest BCUT2D eigenvalue weighted by Crippen LogP contribution is -2.41. The van der Waals surface area contributed by atoms with Crippen molar-refractivity contribution < 1.29 is 15.1 Å². The fourth-order valence-corrected chi connectivity index (χ4v) is 1.48. The molecule has 0 unspecified atom stereocenters. The number of aliphatic hydroxyl groups excluding tert-OH is 1. The number of carbonyl (C=O) groups is 1. The SMILES string of the molecule is O=C(NO)C1=NC2=CN(CO)NN2C([S])=C1. The third-order valence-electron chi connectivity index (χ3n) is 1.93. The molecule has 0 aromatic carbocycles. The average Bonchev–Trinajstić information content (AvgIpc) is 2.71. The van der Waals surface area contributed by atoms with E-state index >= 15 is 0 Å². The van der Waals surface area contributed by atoms with E-state index in [2.05, 4.69) is 10.5 Å². The van der Waals surface area contributed by atoms with Crippen LogP contribution in [0.15, 0.2) is 28.1 Å². The molecular formula is C7H8N5O3S. The minimum Gasteiger partial charge on any atom is -0.375 e. The van der Waals surface area contributed by atoms with E-state index < -0.39 is 5.91 Å². The minimum absolute atomic E-state index is 0.00316. The Balaban J connectivity index is 2.30. The zero-order chi connectivity index (χ0) is 11.7. The van der Waals surface area contributed by atoms with Crippen LogP contribution < -0.4 is 11.0 Å². The first kappa shape index (κ1) is 10.8. The van der Waals surface area contributed by atoms with Crippen molar-refractivity contribution in [3.05, 3.63) is 23.1 Å². The highest BCUT2D eigenvalue weighted by Crippen LogP contribution is 2.24. The molecule has 0 bridgehead atoms. The molecule has 0 saturated heterocycles. The Morgan fingerprint density at radius 1 is 1.69 bits per heavy atom. The van der Waals surface area contributed by atoms with Crippen LogP contribution in [0.3, 0.4) is 0 Å². The number of hydrogen-bond donors (Lipinski definition) is 4. The van der Waals surface area contributed by atoms with Gasteiger partial charge in [-0.3, -0.25) is 15.0 Å². The summed E-state index contributed by atoms with van der Waals surface area (Å²) in [6, 6.07) is 0. The van der Waals surface area contributed by atoms with Crippen LogP contribution in [0.4, 0.5) is 0 Å². The third kappa shape index (κ3) is 1.72.